The highest BCUT2D eigenvalue weighted by molar-refractivity contribution is 5.94. The Labute approximate surface area is 210 Å². The predicted octanol–water partition coefficient (Wildman–Crippen LogP) is 3.00. The Morgan fingerprint density at radius 3 is 2.35 bits per heavy atom. The number of benzene rings is 2. The van der Waals surface area contributed by atoms with Crippen LogP contribution < -0.4 is 15.5 Å². The molecule has 3 aromatic rings. The zero-order valence-corrected chi connectivity index (χ0v) is 19.9. The minimum atomic E-state index is -0.279. The Balaban J connectivity index is 0.00000193. The molecule has 34 heavy (non-hydrogen) atoms. The van der Waals surface area contributed by atoms with Crippen LogP contribution in [0.5, 0.6) is 0 Å². The molecule has 0 spiro atoms. The molecule has 0 radical (unpaired) electrons. The van der Waals surface area contributed by atoms with Crippen LogP contribution in [0.15, 0.2) is 60.8 Å². The van der Waals surface area contributed by atoms with Gasteiger partial charge < -0.3 is 25.7 Å². The van der Waals surface area contributed by atoms with E-state index in [9.17, 15) is 4.79 Å². The van der Waals surface area contributed by atoms with Gasteiger partial charge in [0.05, 0.1) is 25.0 Å². The molecule has 0 atom stereocenters. The monoisotopic (exact) mass is 504 g/mol. The molecule has 0 saturated carbocycles. The molecule has 1 fully saturated rings. The van der Waals surface area contributed by atoms with E-state index in [2.05, 4.69) is 37.6 Å². The summed E-state index contributed by atoms with van der Waals surface area (Å²) in [4.78, 5) is 23.1. The number of hydrogen-bond acceptors (Lipinski definition) is 7. The Kier molecular flexibility index (Phi) is 11.8. The van der Waals surface area contributed by atoms with Crippen molar-refractivity contribution in [3.63, 3.8) is 0 Å². The van der Waals surface area contributed by atoms with Gasteiger partial charge in [0.2, 0.25) is 5.95 Å². The number of anilines is 3. The summed E-state index contributed by atoms with van der Waals surface area (Å²) < 4.78 is 5.40. The van der Waals surface area contributed by atoms with Crippen LogP contribution >= 0.6 is 24.8 Å². The number of rotatable bonds is 6. The highest BCUT2D eigenvalue weighted by Gasteiger charge is 2.11. The highest BCUT2D eigenvalue weighted by Crippen LogP contribution is 2.23. The summed E-state index contributed by atoms with van der Waals surface area (Å²) in [7, 11) is 0. The molecular weight excluding hydrogens is 479 g/mol. The van der Waals surface area contributed by atoms with Crippen molar-refractivity contribution < 1.29 is 15.0 Å². The van der Waals surface area contributed by atoms with E-state index in [1.165, 1.54) is 5.69 Å². The number of amides is 1. The summed E-state index contributed by atoms with van der Waals surface area (Å²) in [5.74, 6) is 0.214. The number of carbonyl (C=O) groups is 1. The maximum Gasteiger partial charge on any atom is 0.252 e. The third kappa shape index (κ3) is 7.30. The number of aromatic nitrogens is 2. The van der Waals surface area contributed by atoms with E-state index in [0.717, 1.165) is 43.2 Å². The van der Waals surface area contributed by atoms with Gasteiger partial charge in [-0.05, 0) is 42.5 Å². The molecular formula is C23H26Cl2N6O3. The van der Waals surface area contributed by atoms with Crippen molar-refractivity contribution in [2.75, 3.05) is 43.1 Å². The molecule has 1 saturated heterocycles. The lowest BCUT2D eigenvalue weighted by molar-refractivity contribution is 0.0958. The van der Waals surface area contributed by atoms with Gasteiger partial charge in [0, 0.05) is 41.8 Å². The van der Waals surface area contributed by atoms with E-state index < -0.39 is 0 Å². The van der Waals surface area contributed by atoms with Crippen LogP contribution in [0.25, 0.3) is 11.3 Å². The highest BCUT2D eigenvalue weighted by atomic mass is 35.5. The number of nitrogens with one attached hydrogen (secondary N) is 2. The van der Waals surface area contributed by atoms with E-state index >= 15 is 0 Å². The second-order valence-corrected chi connectivity index (χ2v) is 6.95. The lowest BCUT2D eigenvalue weighted by atomic mass is 10.1. The van der Waals surface area contributed by atoms with Crippen LogP contribution in [0, 0.1) is 11.3 Å². The van der Waals surface area contributed by atoms with E-state index in [4.69, 9.17) is 10.00 Å². The Hall–Kier alpha value is -3.42. The average molecular weight is 505 g/mol. The van der Waals surface area contributed by atoms with Crippen molar-refractivity contribution >= 4 is 48.0 Å². The Morgan fingerprint density at radius 1 is 1.03 bits per heavy atom. The maximum atomic E-state index is 11.9. The van der Waals surface area contributed by atoms with Crippen LogP contribution in [-0.4, -0.2) is 54.2 Å². The van der Waals surface area contributed by atoms with Gasteiger partial charge in [0.1, 0.15) is 6.54 Å². The van der Waals surface area contributed by atoms with Crippen LogP contribution in [0.3, 0.4) is 0 Å². The van der Waals surface area contributed by atoms with Crippen LogP contribution in [0.2, 0.25) is 0 Å². The topological polar surface area (TPSA) is 135 Å². The molecule has 9 nitrogen and oxygen atoms in total. The Bertz CT molecular complexity index is 1090. The van der Waals surface area contributed by atoms with Gasteiger partial charge >= 0.3 is 0 Å². The van der Waals surface area contributed by atoms with Gasteiger partial charge in [-0.2, -0.15) is 5.26 Å². The molecule has 1 aliphatic rings. The predicted molar refractivity (Wildman–Crippen MR) is 136 cm³/mol. The number of morpholine rings is 1. The number of ether oxygens (including phenoxy) is 1. The molecule has 2 aromatic carbocycles. The lowest BCUT2D eigenvalue weighted by Gasteiger charge is -2.28. The van der Waals surface area contributed by atoms with Crippen molar-refractivity contribution in [1.29, 1.82) is 5.26 Å². The SMILES string of the molecule is Cl.Cl.N#CCNC(=O)c1ccc(-c2ccnc(Nc3ccc(N4CCOCC4)cc3)n2)cc1.O. The zero-order valence-electron chi connectivity index (χ0n) is 18.2. The molecule has 0 aliphatic carbocycles. The minimum Gasteiger partial charge on any atom is -0.412 e. The van der Waals surface area contributed by atoms with E-state index in [1.54, 1.807) is 18.3 Å². The van der Waals surface area contributed by atoms with E-state index in [1.807, 2.05) is 36.4 Å². The zero-order chi connectivity index (χ0) is 21.5. The molecule has 1 aromatic heterocycles. The summed E-state index contributed by atoms with van der Waals surface area (Å²) in [5, 5.41) is 14.3. The second kappa shape index (κ2) is 14.0. The number of carbonyl (C=O) groups excluding carboxylic acids is 1. The molecule has 4 N–H and O–H groups in total. The summed E-state index contributed by atoms with van der Waals surface area (Å²) in [6.07, 6.45) is 1.69. The number of nitrogens with zero attached hydrogens (tertiary/aromatic N) is 4. The third-order valence-corrected chi connectivity index (χ3v) is 4.93. The van der Waals surface area contributed by atoms with Crippen LogP contribution in [0.1, 0.15) is 10.4 Å². The second-order valence-electron chi connectivity index (χ2n) is 6.95. The van der Waals surface area contributed by atoms with Gasteiger partial charge in [0.25, 0.3) is 5.91 Å². The smallest absolute Gasteiger partial charge is 0.252 e. The standard InChI is InChI=1S/C23H22N6O2.2ClH.H2O/c24-10-12-25-22(30)18-3-1-17(2-4-18)21-9-11-26-23(28-21)27-19-5-7-20(8-6-19)29-13-15-31-16-14-29;;;/h1-9,11H,12-16H2,(H,25,30)(H,26,27,28);2*1H;1H2. The fourth-order valence-corrected chi connectivity index (χ4v) is 3.30. The molecule has 11 heteroatoms. The number of halogens is 2. The minimum absolute atomic E-state index is 0. The largest absolute Gasteiger partial charge is 0.412 e. The average Bonchev–Trinajstić information content (AvgIpc) is 2.84. The van der Waals surface area contributed by atoms with Crippen LogP contribution in [0.4, 0.5) is 17.3 Å². The van der Waals surface area contributed by atoms with Gasteiger partial charge in [-0.1, -0.05) is 12.1 Å². The van der Waals surface area contributed by atoms with Crippen molar-refractivity contribution in [3.8, 4) is 17.3 Å². The first-order valence-corrected chi connectivity index (χ1v) is 10.0. The molecule has 1 amide bonds. The molecule has 0 bridgehead atoms. The third-order valence-electron chi connectivity index (χ3n) is 4.93. The van der Waals surface area contributed by atoms with Gasteiger partial charge in [-0.3, -0.25) is 4.79 Å². The molecule has 4 rings (SSSR count). The normalized spacial score (nSPS) is 12.1. The fraction of sp³-hybridized carbons (Fsp3) is 0.217. The van der Waals surface area contributed by atoms with Crippen molar-refractivity contribution in [2.24, 2.45) is 0 Å². The quantitative estimate of drug-likeness (QED) is 0.492. The van der Waals surface area contributed by atoms with Crippen LogP contribution in [-0.2, 0) is 4.74 Å². The molecule has 0 unspecified atom stereocenters. The molecule has 1 aliphatic heterocycles. The molecule has 2 heterocycles. The fourth-order valence-electron chi connectivity index (χ4n) is 3.30. The van der Waals surface area contributed by atoms with E-state index in [0.29, 0.717) is 11.5 Å². The summed E-state index contributed by atoms with van der Waals surface area (Å²) in [6, 6.07) is 18.9. The number of hydrogen-bond donors (Lipinski definition) is 2. The van der Waals surface area contributed by atoms with Gasteiger partial charge in [0.15, 0.2) is 0 Å². The molecule has 180 valence electrons. The number of nitriles is 1. The van der Waals surface area contributed by atoms with Crippen molar-refractivity contribution in [2.45, 2.75) is 0 Å². The first kappa shape index (κ1) is 28.6. The van der Waals surface area contributed by atoms with E-state index in [-0.39, 0.29) is 42.7 Å². The lowest BCUT2D eigenvalue weighted by Crippen LogP contribution is -2.36. The van der Waals surface area contributed by atoms with Gasteiger partial charge in [-0.15, -0.1) is 24.8 Å². The summed E-state index contributed by atoms with van der Waals surface area (Å²) in [6.45, 7) is 3.29. The maximum absolute atomic E-state index is 11.9. The Morgan fingerprint density at radius 2 is 1.71 bits per heavy atom. The first-order chi connectivity index (χ1) is 15.2. The summed E-state index contributed by atoms with van der Waals surface area (Å²) in [5.41, 5.74) is 4.17. The van der Waals surface area contributed by atoms with Crippen molar-refractivity contribution in [1.82, 2.24) is 15.3 Å². The van der Waals surface area contributed by atoms with Gasteiger partial charge in [-0.25, -0.2) is 9.97 Å². The van der Waals surface area contributed by atoms with Crippen molar-refractivity contribution in [3.05, 3.63) is 66.4 Å². The first-order valence-electron chi connectivity index (χ1n) is 10.0. The summed E-state index contributed by atoms with van der Waals surface area (Å²) >= 11 is 0.